The van der Waals surface area contributed by atoms with Crippen molar-refractivity contribution in [3.8, 4) is 6.07 Å². The van der Waals surface area contributed by atoms with Crippen LogP contribution in [0.5, 0.6) is 0 Å². The van der Waals surface area contributed by atoms with E-state index in [4.69, 9.17) is 10.00 Å². The first-order chi connectivity index (χ1) is 14.1. The van der Waals surface area contributed by atoms with Crippen LogP contribution in [0.2, 0.25) is 0 Å². The van der Waals surface area contributed by atoms with Crippen molar-refractivity contribution < 1.29 is 9.53 Å². The molecule has 2 aromatic carbocycles. The predicted molar refractivity (Wildman–Crippen MR) is 110 cm³/mol. The van der Waals surface area contributed by atoms with Gasteiger partial charge >= 0.3 is 5.97 Å². The lowest BCUT2D eigenvalue weighted by Gasteiger charge is -2.22. The first kappa shape index (κ1) is 20.3. The summed E-state index contributed by atoms with van der Waals surface area (Å²) in [6, 6.07) is 18.4. The van der Waals surface area contributed by atoms with Gasteiger partial charge in [0, 0.05) is 0 Å². The van der Waals surface area contributed by atoms with Crippen LogP contribution >= 0.6 is 0 Å². The number of hydrogen-bond acceptors (Lipinski definition) is 5. The number of nitrogens with zero attached hydrogens (tertiary/aromatic N) is 3. The van der Waals surface area contributed by atoms with Gasteiger partial charge < -0.3 is 4.74 Å². The Morgan fingerprint density at radius 2 is 1.86 bits per heavy atom. The molecule has 0 spiro atoms. The van der Waals surface area contributed by atoms with Gasteiger partial charge in [0.15, 0.2) is 5.82 Å². The average molecular weight is 389 g/mol. The maximum atomic E-state index is 12.9. The molecule has 0 bridgehead atoms. The minimum absolute atomic E-state index is 0.0933. The van der Waals surface area contributed by atoms with Crippen LogP contribution in [0, 0.1) is 17.2 Å². The molecule has 6 nitrogen and oxygen atoms in total. The number of hydrogen-bond donors (Lipinski definition) is 0. The van der Waals surface area contributed by atoms with Crippen LogP contribution in [-0.2, 0) is 22.7 Å². The lowest BCUT2D eigenvalue weighted by Crippen LogP contribution is -2.27. The van der Waals surface area contributed by atoms with Crippen LogP contribution < -0.4 is 5.56 Å². The standard InChI is InChI=1S/C23H23N3O3/c1-3-16(2)21(17-9-5-4-6-10-17)23(28)29-15-20-25-19-12-8-7-11-18(19)22(27)26(20)14-13-24/h4-12,16,21H,3,14-15H2,1-2H3/t16-,21-/m0/s1. The maximum absolute atomic E-state index is 12.9. The Labute approximate surface area is 169 Å². The van der Waals surface area contributed by atoms with E-state index in [1.54, 1.807) is 24.3 Å². The highest BCUT2D eigenvalue weighted by Gasteiger charge is 2.27. The van der Waals surface area contributed by atoms with Gasteiger partial charge in [0.25, 0.3) is 5.56 Å². The smallest absolute Gasteiger partial charge is 0.314 e. The third-order valence-electron chi connectivity index (χ3n) is 5.14. The van der Waals surface area contributed by atoms with E-state index in [1.807, 2.05) is 50.2 Å². The fraction of sp³-hybridized carbons (Fsp3) is 0.304. The molecule has 0 aliphatic rings. The molecule has 1 heterocycles. The first-order valence-corrected chi connectivity index (χ1v) is 9.63. The Hall–Kier alpha value is -3.46. The van der Waals surface area contributed by atoms with Crippen molar-refractivity contribution in [3.63, 3.8) is 0 Å². The normalized spacial score (nSPS) is 12.9. The molecule has 2 atom stereocenters. The molecule has 3 rings (SSSR count). The predicted octanol–water partition coefficient (Wildman–Crippen LogP) is 3.79. The second-order valence-corrected chi connectivity index (χ2v) is 6.98. The fourth-order valence-electron chi connectivity index (χ4n) is 3.38. The van der Waals surface area contributed by atoms with Gasteiger partial charge in [-0.05, 0) is 23.6 Å². The lowest BCUT2D eigenvalue weighted by molar-refractivity contribution is -0.148. The van der Waals surface area contributed by atoms with Crippen LogP contribution in [0.25, 0.3) is 10.9 Å². The molecular formula is C23H23N3O3. The number of rotatable bonds is 7. The highest BCUT2D eigenvalue weighted by Crippen LogP contribution is 2.28. The van der Waals surface area contributed by atoms with Gasteiger partial charge in [0.1, 0.15) is 13.2 Å². The summed E-state index contributed by atoms with van der Waals surface area (Å²) in [5, 5.41) is 9.54. The van der Waals surface area contributed by atoms with Gasteiger partial charge in [0.2, 0.25) is 0 Å². The summed E-state index contributed by atoms with van der Waals surface area (Å²) in [6.45, 7) is 3.72. The van der Waals surface area contributed by atoms with Crippen molar-refractivity contribution in [1.29, 1.82) is 5.26 Å². The topological polar surface area (TPSA) is 85.0 Å². The first-order valence-electron chi connectivity index (χ1n) is 9.63. The molecule has 0 radical (unpaired) electrons. The van der Waals surface area contributed by atoms with Gasteiger partial charge in [-0.15, -0.1) is 0 Å². The van der Waals surface area contributed by atoms with Gasteiger partial charge in [-0.3, -0.25) is 14.2 Å². The van der Waals surface area contributed by atoms with E-state index in [1.165, 1.54) is 4.57 Å². The number of benzene rings is 2. The van der Waals surface area contributed by atoms with Crippen molar-refractivity contribution in [3.05, 3.63) is 76.3 Å². The number of carbonyl (C=O) groups is 1. The van der Waals surface area contributed by atoms with Crippen LogP contribution in [-0.4, -0.2) is 15.5 Å². The molecule has 148 valence electrons. The third kappa shape index (κ3) is 4.35. The largest absolute Gasteiger partial charge is 0.457 e. The summed E-state index contributed by atoms with van der Waals surface area (Å²) in [7, 11) is 0. The Bertz CT molecular complexity index is 1100. The Morgan fingerprint density at radius 3 is 2.55 bits per heavy atom. The van der Waals surface area contributed by atoms with E-state index in [-0.39, 0.29) is 36.4 Å². The number of para-hydroxylation sites is 1. The zero-order valence-corrected chi connectivity index (χ0v) is 16.5. The molecule has 0 aliphatic carbocycles. The highest BCUT2D eigenvalue weighted by atomic mass is 16.5. The number of fused-ring (bicyclic) bond motifs is 1. The minimum atomic E-state index is -0.405. The van der Waals surface area contributed by atoms with Crippen molar-refractivity contribution in [1.82, 2.24) is 9.55 Å². The zero-order chi connectivity index (χ0) is 20.8. The molecule has 0 saturated heterocycles. The van der Waals surface area contributed by atoms with E-state index in [9.17, 15) is 9.59 Å². The van der Waals surface area contributed by atoms with E-state index in [0.29, 0.717) is 10.9 Å². The van der Waals surface area contributed by atoms with E-state index < -0.39 is 5.92 Å². The van der Waals surface area contributed by atoms with Crippen LogP contribution in [0.15, 0.2) is 59.4 Å². The quantitative estimate of drug-likeness (QED) is 0.574. The number of nitriles is 1. The van der Waals surface area contributed by atoms with Crippen LogP contribution in [0.3, 0.4) is 0 Å². The third-order valence-corrected chi connectivity index (χ3v) is 5.14. The summed E-state index contributed by atoms with van der Waals surface area (Å²) in [4.78, 5) is 30.1. The Kier molecular flexibility index (Phi) is 6.40. The maximum Gasteiger partial charge on any atom is 0.314 e. The van der Waals surface area contributed by atoms with Crippen molar-refractivity contribution in [2.24, 2.45) is 5.92 Å². The van der Waals surface area contributed by atoms with Gasteiger partial charge in [-0.1, -0.05) is 62.7 Å². The summed E-state index contributed by atoms with van der Waals surface area (Å²) in [5.74, 6) is -0.412. The number of esters is 1. The van der Waals surface area contributed by atoms with Crippen LogP contribution in [0.4, 0.5) is 0 Å². The summed E-state index contributed by atoms with van der Waals surface area (Å²) in [6.07, 6.45) is 0.821. The molecule has 1 aromatic heterocycles. The Balaban J connectivity index is 1.90. The molecule has 0 saturated carbocycles. The molecule has 6 heteroatoms. The van der Waals surface area contributed by atoms with Crippen molar-refractivity contribution in [2.45, 2.75) is 39.3 Å². The van der Waals surface area contributed by atoms with Crippen molar-refractivity contribution >= 4 is 16.9 Å². The lowest BCUT2D eigenvalue weighted by atomic mass is 9.86. The van der Waals surface area contributed by atoms with Crippen LogP contribution in [0.1, 0.15) is 37.6 Å². The molecule has 0 fully saturated rings. The summed E-state index contributed by atoms with van der Waals surface area (Å²) >= 11 is 0. The number of carbonyl (C=O) groups excluding carboxylic acids is 1. The second kappa shape index (κ2) is 9.16. The summed E-state index contributed by atoms with van der Waals surface area (Å²) < 4.78 is 6.85. The van der Waals surface area contributed by atoms with Gasteiger partial charge in [-0.25, -0.2) is 4.98 Å². The monoisotopic (exact) mass is 389 g/mol. The average Bonchev–Trinajstić information content (AvgIpc) is 2.75. The van der Waals surface area contributed by atoms with Crippen molar-refractivity contribution in [2.75, 3.05) is 0 Å². The Morgan fingerprint density at radius 1 is 1.17 bits per heavy atom. The SMILES string of the molecule is CC[C@H](C)[C@H](C(=O)OCc1nc2ccccc2c(=O)n1CC#N)c1ccccc1. The van der Waals surface area contributed by atoms with Gasteiger partial charge in [-0.2, -0.15) is 5.26 Å². The fourth-order valence-corrected chi connectivity index (χ4v) is 3.38. The molecule has 29 heavy (non-hydrogen) atoms. The minimum Gasteiger partial charge on any atom is -0.457 e. The zero-order valence-electron chi connectivity index (χ0n) is 16.5. The summed E-state index contributed by atoms with van der Waals surface area (Å²) in [5.41, 5.74) is 1.09. The number of ether oxygens (including phenoxy) is 1. The molecule has 0 unspecified atom stereocenters. The molecular weight excluding hydrogens is 366 g/mol. The van der Waals surface area contributed by atoms with E-state index in [0.717, 1.165) is 12.0 Å². The molecule has 0 amide bonds. The molecule has 0 N–H and O–H groups in total. The molecule has 0 aliphatic heterocycles. The van der Waals surface area contributed by atoms with E-state index in [2.05, 4.69) is 4.98 Å². The van der Waals surface area contributed by atoms with Gasteiger partial charge in [0.05, 0.1) is 22.9 Å². The van der Waals surface area contributed by atoms with E-state index >= 15 is 0 Å². The molecule has 3 aromatic rings. The number of aromatic nitrogens is 2. The highest BCUT2D eigenvalue weighted by molar-refractivity contribution is 5.79. The second-order valence-electron chi connectivity index (χ2n) is 6.98.